The zero-order valence-electron chi connectivity index (χ0n) is 11.8. The highest BCUT2D eigenvalue weighted by molar-refractivity contribution is 6.05. The van der Waals surface area contributed by atoms with Gasteiger partial charge in [0.2, 0.25) is 0 Å². The Hall–Kier alpha value is -2.08. The number of H-pyrrole nitrogens is 1. The second kappa shape index (κ2) is 4.73. The van der Waals surface area contributed by atoms with E-state index in [1.54, 1.807) is 12.1 Å². The Kier molecular flexibility index (Phi) is 2.85. The van der Waals surface area contributed by atoms with Gasteiger partial charge in [0, 0.05) is 23.7 Å². The van der Waals surface area contributed by atoms with Crippen LogP contribution in [0.4, 0.5) is 5.69 Å². The van der Waals surface area contributed by atoms with Crippen LogP contribution in [0.15, 0.2) is 18.2 Å². The summed E-state index contributed by atoms with van der Waals surface area (Å²) in [6.07, 6.45) is 2.36. The van der Waals surface area contributed by atoms with E-state index >= 15 is 0 Å². The molecule has 0 radical (unpaired) electrons. The number of hydrogen-bond acceptors (Lipinski definition) is 4. The fourth-order valence-corrected chi connectivity index (χ4v) is 3.57. The zero-order chi connectivity index (χ0) is 14.4. The maximum Gasteiger partial charge on any atom is 0.272 e. The summed E-state index contributed by atoms with van der Waals surface area (Å²) in [7, 11) is 0. The van der Waals surface area contributed by atoms with Crippen molar-refractivity contribution in [2.24, 2.45) is 5.92 Å². The van der Waals surface area contributed by atoms with Crippen molar-refractivity contribution in [2.75, 3.05) is 25.4 Å². The van der Waals surface area contributed by atoms with Gasteiger partial charge in [-0.1, -0.05) is 0 Å². The van der Waals surface area contributed by atoms with Crippen LogP contribution in [-0.2, 0) is 0 Å². The second-order valence-electron chi connectivity index (χ2n) is 6.10. The summed E-state index contributed by atoms with van der Waals surface area (Å²) in [5.41, 5.74) is 7.72. The lowest BCUT2D eigenvalue weighted by molar-refractivity contribution is 0.0618. The quantitative estimate of drug-likeness (QED) is 0.718. The Morgan fingerprint density at radius 3 is 2.90 bits per heavy atom. The highest BCUT2D eigenvalue weighted by Crippen LogP contribution is 2.28. The number of nitrogen functional groups attached to an aromatic ring is 1. The summed E-state index contributed by atoms with van der Waals surface area (Å²) in [5, 5.41) is 11.0. The minimum absolute atomic E-state index is 0.106. The minimum atomic E-state index is -0.106. The smallest absolute Gasteiger partial charge is 0.272 e. The first-order valence-corrected chi connectivity index (χ1v) is 7.47. The number of fused-ring (bicyclic) bond motifs is 4. The number of rotatable bonds is 2. The van der Waals surface area contributed by atoms with Crippen molar-refractivity contribution < 1.29 is 4.79 Å². The predicted octanol–water partition coefficient (Wildman–Crippen LogP) is 0.969. The molecule has 5 rings (SSSR count). The van der Waals surface area contributed by atoms with E-state index in [1.165, 1.54) is 25.9 Å². The number of nitrogens with two attached hydrogens (primary N) is 1. The third-order valence-electron chi connectivity index (χ3n) is 4.77. The molecule has 0 aliphatic carbocycles. The van der Waals surface area contributed by atoms with Crippen molar-refractivity contribution in [3.05, 3.63) is 23.9 Å². The van der Waals surface area contributed by atoms with E-state index in [4.69, 9.17) is 5.73 Å². The summed E-state index contributed by atoms with van der Waals surface area (Å²) in [6, 6.07) is 5.69. The fraction of sp³-hybridized carbons (Fsp3) is 0.467. The normalized spacial score (nSPS) is 27.9. The molecule has 0 spiro atoms. The molecule has 110 valence electrons. The van der Waals surface area contributed by atoms with Crippen LogP contribution in [-0.4, -0.2) is 46.7 Å². The van der Waals surface area contributed by atoms with Gasteiger partial charge in [-0.05, 0) is 50.0 Å². The first kappa shape index (κ1) is 12.6. The number of carbonyl (C=O) groups is 1. The molecule has 6 nitrogen and oxygen atoms in total. The number of carbonyl (C=O) groups excluding carboxylic acids is 1. The van der Waals surface area contributed by atoms with Gasteiger partial charge in [-0.2, -0.15) is 5.10 Å². The molecule has 2 aromatic rings. The summed E-state index contributed by atoms with van der Waals surface area (Å²) < 4.78 is 0. The summed E-state index contributed by atoms with van der Waals surface area (Å²) in [5.74, 6) is 0.500. The van der Waals surface area contributed by atoms with Crippen LogP contribution < -0.4 is 11.1 Å². The zero-order valence-corrected chi connectivity index (χ0v) is 11.8. The molecule has 4 N–H and O–H groups in total. The van der Waals surface area contributed by atoms with Gasteiger partial charge in [-0.25, -0.2) is 0 Å². The van der Waals surface area contributed by atoms with E-state index in [2.05, 4.69) is 20.4 Å². The van der Waals surface area contributed by atoms with Crippen LogP contribution >= 0.6 is 0 Å². The summed E-state index contributed by atoms with van der Waals surface area (Å²) in [4.78, 5) is 14.9. The van der Waals surface area contributed by atoms with E-state index in [9.17, 15) is 4.79 Å². The highest BCUT2D eigenvalue weighted by atomic mass is 16.2. The number of nitrogens with one attached hydrogen (secondary N) is 2. The number of aromatic amines is 1. The Morgan fingerprint density at radius 1 is 1.38 bits per heavy atom. The van der Waals surface area contributed by atoms with Crippen molar-refractivity contribution in [2.45, 2.75) is 18.9 Å². The minimum Gasteiger partial charge on any atom is -0.399 e. The van der Waals surface area contributed by atoms with Gasteiger partial charge < -0.3 is 16.0 Å². The molecule has 6 heteroatoms. The average molecular weight is 285 g/mol. The largest absolute Gasteiger partial charge is 0.399 e. The lowest BCUT2D eigenvalue weighted by Crippen LogP contribution is -2.57. The molecule has 0 unspecified atom stereocenters. The SMILES string of the molecule is Nc1ccc2[nH]nc(C(=O)N[C@@H]3CN4CCC3CC4)c2c1. The van der Waals surface area contributed by atoms with Gasteiger partial charge in [0.15, 0.2) is 5.69 Å². The summed E-state index contributed by atoms with van der Waals surface area (Å²) in [6.45, 7) is 3.29. The third-order valence-corrected chi connectivity index (χ3v) is 4.77. The van der Waals surface area contributed by atoms with Crippen LogP contribution in [0.3, 0.4) is 0 Å². The van der Waals surface area contributed by atoms with E-state index < -0.39 is 0 Å². The number of anilines is 1. The number of benzene rings is 1. The van der Waals surface area contributed by atoms with Crippen molar-refractivity contribution in [3.8, 4) is 0 Å². The predicted molar refractivity (Wildman–Crippen MR) is 80.9 cm³/mol. The van der Waals surface area contributed by atoms with Crippen molar-refractivity contribution in [3.63, 3.8) is 0 Å². The van der Waals surface area contributed by atoms with Gasteiger partial charge >= 0.3 is 0 Å². The Balaban J connectivity index is 1.57. The Bertz CT molecular complexity index is 686. The monoisotopic (exact) mass is 285 g/mol. The van der Waals surface area contributed by atoms with Crippen molar-refractivity contribution >= 4 is 22.5 Å². The molecule has 3 fully saturated rings. The molecule has 1 aromatic carbocycles. The van der Waals surface area contributed by atoms with E-state index in [0.717, 1.165) is 17.4 Å². The average Bonchev–Trinajstić information content (AvgIpc) is 2.91. The van der Waals surface area contributed by atoms with Crippen LogP contribution in [0, 0.1) is 5.92 Å². The maximum absolute atomic E-state index is 12.5. The van der Waals surface area contributed by atoms with Gasteiger partial charge in [-0.3, -0.25) is 9.89 Å². The first-order valence-electron chi connectivity index (χ1n) is 7.47. The molecular formula is C15H19N5O. The molecule has 1 atom stereocenters. The molecule has 1 aromatic heterocycles. The molecule has 3 aliphatic rings. The van der Waals surface area contributed by atoms with E-state index in [0.29, 0.717) is 17.3 Å². The Morgan fingerprint density at radius 2 is 2.19 bits per heavy atom. The molecule has 2 bridgehead atoms. The molecule has 21 heavy (non-hydrogen) atoms. The molecule has 1 amide bonds. The van der Waals surface area contributed by atoms with Crippen LogP contribution in [0.25, 0.3) is 10.9 Å². The van der Waals surface area contributed by atoms with Gasteiger partial charge in [0.1, 0.15) is 0 Å². The van der Waals surface area contributed by atoms with E-state index in [-0.39, 0.29) is 11.9 Å². The maximum atomic E-state index is 12.5. The highest BCUT2D eigenvalue weighted by Gasteiger charge is 2.35. The number of hydrogen-bond donors (Lipinski definition) is 3. The van der Waals surface area contributed by atoms with Gasteiger partial charge in [0.25, 0.3) is 5.91 Å². The van der Waals surface area contributed by atoms with Crippen LogP contribution in [0.2, 0.25) is 0 Å². The molecular weight excluding hydrogens is 266 g/mol. The topological polar surface area (TPSA) is 87.0 Å². The lowest BCUT2D eigenvalue weighted by atomic mass is 9.84. The Labute approximate surface area is 122 Å². The number of piperidine rings is 3. The number of amides is 1. The van der Waals surface area contributed by atoms with Crippen molar-refractivity contribution in [1.29, 1.82) is 0 Å². The molecule has 4 heterocycles. The standard InChI is InChI=1S/C15H19N5O/c16-10-1-2-12-11(7-10)14(19-18-12)15(21)17-13-8-20-5-3-9(13)4-6-20/h1-2,7,9,13H,3-6,8,16H2,(H,17,21)(H,18,19)/t13-/m1/s1. The molecule has 3 saturated heterocycles. The van der Waals surface area contributed by atoms with Gasteiger partial charge in [0.05, 0.1) is 5.52 Å². The molecule has 0 saturated carbocycles. The third kappa shape index (κ3) is 2.15. The summed E-state index contributed by atoms with van der Waals surface area (Å²) >= 11 is 0. The van der Waals surface area contributed by atoms with Crippen LogP contribution in [0.1, 0.15) is 23.3 Å². The number of aromatic nitrogens is 2. The van der Waals surface area contributed by atoms with Crippen molar-refractivity contribution in [1.82, 2.24) is 20.4 Å². The first-order chi connectivity index (χ1) is 10.2. The second-order valence-corrected chi connectivity index (χ2v) is 6.10. The van der Waals surface area contributed by atoms with E-state index in [1.807, 2.05) is 6.07 Å². The fourth-order valence-electron chi connectivity index (χ4n) is 3.57. The van der Waals surface area contributed by atoms with Gasteiger partial charge in [-0.15, -0.1) is 0 Å². The number of nitrogens with zero attached hydrogens (tertiary/aromatic N) is 2. The van der Waals surface area contributed by atoms with Crippen LogP contribution in [0.5, 0.6) is 0 Å². The lowest BCUT2D eigenvalue weighted by Gasteiger charge is -2.44. The molecule has 3 aliphatic heterocycles.